The lowest BCUT2D eigenvalue weighted by molar-refractivity contribution is -0.152. The van der Waals surface area contributed by atoms with E-state index >= 15 is 0 Å². The average molecular weight is 285 g/mol. The molecule has 3 unspecified atom stereocenters. The van der Waals surface area contributed by atoms with Crippen LogP contribution < -0.4 is 0 Å². The Morgan fingerprint density at radius 2 is 1.85 bits per heavy atom. The van der Waals surface area contributed by atoms with Gasteiger partial charge in [-0.15, -0.1) is 0 Å². The minimum Gasteiger partial charge on any atom is -0.481 e. The number of methoxy groups -OCH3 is 1. The van der Waals surface area contributed by atoms with Crippen LogP contribution in [0.15, 0.2) is 0 Å². The maximum absolute atomic E-state index is 12.5. The Bertz CT molecular complexity index is 382. The molecule has 6 nitrogen and oxygen atoms in total. The highest BCUT2D eigenvalue weighted by atomic mass is 16.5. The Balaban J connectivity index is 2.82. The van der Waals surface area contributed by atoms with Gasteiger partial charge in [0.15, 0.2) is 0 Å². The van der Waals surface area contributed by atoms with E-state index in [1.165, 1.54) is 12.0 Å². The van der Waals surface area contributed by atoms with E-state index < -0.39 is 23.8 Å². The number of carbonyl (C=O) groups excluding carboxylic acids is 2. The molecule has 1 rings (SSSR count). The topological polar surface area (TPSA) is 83.9 Å². The van der Waals surface area contributed by atoms with E-state index in [1.807, 2.05) is 13.8 Å². The number of rotatable bonds is 6. The van der Waals surface area contributed by atoms with Crippen LogP contribution in [-0.2, 0) is 19.1 Å². The van der Waals surface area contributed by atoms with Crippen molar-refractivity contribution in [2.24, 2.45) is 17.8 Å². The number of ether oxygens (including phenoxy) is 1. The number of carboxylic acids is 1. The quantitative estimate of drug-likeness (QED) is 0.740. The summed E-state index contributed by atoms with van der Waals surface area (Å²) in [5.41, 5.74) is 0. The second kappa shape index (κ2) is 7.26. The third-order valence-electron chi connectivity index (χ3n) is 3.79. The molecule has 0 aromatic heterocycles. The Morgan fingerprint density at radius 3 is 2.35 bits per heavy atom. The van der Waals surface area contributed by atoms with Gasteiger partial charge in [-0.3, -0.25) is 14.4 Å². The minimum absolute atomic E-state index is 0.111. The van der Waals surface area contributed by atoms with Crippen LogP contribution in [-0.4, -0.2) is 48.1 Å². The molecular weight excluding hydrogens is 262 g/mol. The molecule has 0 saturated heterocycles. The SMILES string of the molecule is CCCN(CC(=O)OC)C(=O)C1CC(C)CC1C(=O)O. The predicted molar refractivity (Wildman–Crippen MR) is 71.9 cm³/mol. The number of nitrogens with zero attached hydrogens (tertiary/aromatic N) is 1. The Labute approximate surface area is 119 Å². The van der Waals surface area contributed by atoms with Gasteiger partial charge in [0.1, 0.15) is 6.54 Å². The highest BCUT2D eigenvalue weighted by Crippen LogP contribution is 2.37. The molecule has 1 aliphatic carbocycles. The zero-order valence-corrected chi connectivity index (χ0v) is 12.3. The number of carbonyl (C=O) groups is 3. The van der Waals surface area contributed by atoms with Crippen LogP contribution in [0.5, 0.6) is 0 Å². The summed E-state index contributed by atoms with van der Waals surface area (Å²) in [5.74, 6) is -2.61. The van der Waals surface area contributed by atoms with Crippen LogP contribution >= 0.6 is 0 Å². The zero-order valence-electron chi connectivity index (χ0n) is 12.3. The lowest BCUT2D eigenvalue weighted by Gasteiger charge is -2.26. The van der Waals surface area contributed by atoms with Crippen molar-refractivity contribution in [3.63, 3.8) is 0 Å². The molecule has 0 aromatic rings. The van der Waals surface area contributed by atoms with Gasteiger partial charge in [0.2, 0.25) is 5.91 Å². The molecule has 1 aliphatic rings. The third kappa shape index (κ3) is 3.95. The molecule has 6 heteroatoms. The van der Waals surface area contributed by atoms with Crippen molar-refractivity contribution in [3.05, 3.63) is 0 Å². The summed E-state index contributed by atoms with van der Waals surface area (Å²) in [6, 6.07) is 0. The van der Waals surface area contributed by atoms with Crippen molar-refractivity contribution in [3.8, 4) is 0 Å². The van der Waals surface area contributed by atoms with E-state index in [1.54, 1.807) is 0 Å². The van der Waals surface area contributed by atoms with Crippen molar-refractivity contribution >= 4 is 17.8 Å². The Kier molecular flexibility index (Phi) is 5.98. The van der Waals surface area contributed by atoms with Gasteiger partial charge in [0.25, 0.3) is 0 Å². The molecule has 1 amide bonds. The van der Waals surface area contributed by atoms with E-state index in [4.69, 9.17) is 0 Å². The first kappa shape index (κ1) is 16.5. The molecule has 0 aliphatic heterocycles. The normalized spacial score (nSPS) is 25.2. The molecule has 1 fully saturated rings. The van der Waals surface area contributed by atoms with Crippen molar-refractivity contribution in [1.82, 2.24) is 4.90 Å². The highest BCUT2D eigenvalue weighted by molar-refractivity contribution is 5.87. The van der Waals surface area contributed by atoms with Gasteiger partial charge in [-0.2, -0.15) is 0 Å². The first-order valence-electron chi connectivity index (χ1n) is 6.99. The molecule has 0 spiro atoms. The molecule has 1 N–H and O–H groups in total. The van der Waals surface area contributed by atoms with Gasteiger partial charge >= 0.3 is 11.9 Å². The van der Waals surface area contributed by atoms with Gasteiger partial charge in [0.05, 0.1) is 18.9 Å². The summed E-state index contributed by atoms with van der Waals surface area (Å²) in [7, 11) is 1.27. The van der Waals surface area contributed by atoms with Gasteiger partial charge in [-0.05, 0) is 25.2 Å². The molecule has 114 valence electrons. The standard InChI is InChI=1S/C14H23NO5/c1-4-5-15(8-12(16)20-3)13(17)10-6-9(2)7-11(10)14(18)19/h9-11H,4-8H2,1-3H3,(H,18,19). The first-order valence-corrected chi connectivity index (χ1v) is 6.99. The number of aliphatic carboxylic acids is 1. The average Bonchev–Trinajstić information content (AvgIpc) is 2.79. The molecule has 0 bridgehead atoms. The summed E-state index contributed by atoms with van der Waals surface area (Å²) < 4.78 is 4.59. The summed E-state index contributed by atoms with van der Waals surface area (Å²) in [5, 5.41) is 9.23. The van der Waals surface area contributed by atoms with Crippen LogP contribution in [0.3, 0.4) is 0 Å². The van der Waals surface area contributed by atoms with Crippen LogP contribution in [0.2, 0.25) is 0 Å². The summed E-state index contributed by atoms with van der Waals surface area (Å²) in [6.45, 7) is 4.18. The zero-order chi connectivity index (χ0) is 15.3. The van der Waals surface area contributed by atoms with Crippen LogP contribution in [0.25, 0.3) is 0 Å². The molecule has 0 heterocycles. The summed E-state index contributed by atoms with van der Waals surface area (Å²) in [4.78, 5) is 36.5. The fourth-order valence-electron chi connectivity index (χ4n) is 2.83. The van der Waals surface area contributed by atoms with Crippen LogP contribution in [0.1, 0.15) is 33.1 Å². The van der Waals surface area contributed by atoms with Gasteiger partial charge in [-0.1, -0.05) is 13.8 Å². The third-order valence-corrected chi connectivity index (χ3v) is 3.79. The second-order valence-electron chi connectivity index (χ2n) is 5.46. The van der Waals surface area contributed by atoms with Crippen molar-refractivity contribution in [2.75, 3.05) is 20.2 Å². The molecule has 20 heavy (non-hydrogen) atoms. The van der Waals surface area contributed by atoms with Gasteiger partial charge in [-0.25, -0.2) is 0 Å². The van der Waals surface area contributed by atoms with Gasteiger partial charge < -0.3 is 14.7 Å². The fraction of sp³-hybridized carbons (Fsp3) is 0.786. The van der Waals surface area contributed by atoms with Crippen molar-refractivity contribution < 1.29 is 24.2 Å². The largest absolute Gasteiger partial charge is 0.481 e. The number of carboxylic acid groups (broad SMARTS) is 1. The number of hydrogen-bond donors (Lipinski definition) is 1. The number of esters is 1. The monoisotopic (exact) mass is 285 g/mol. The maximum Gasteiger partial charge on any atom is 0.325 e. The molecule has 0 radical (unpaired) electrons. The van der Waals surface area contributed by atoms with Crippen LogP contribution in [0, 0.1) is 17.8 Å². The predicted octanol–water partition coefficient (Wildman–Crippen LogP) is 1.14. The Morgan fingerprint density at radius 1 is 1.25 bits per heavy atom. The van der Waals surface area contributed by atoms with Gasteiger partial charge in [0, 0.05) is 6.54 Å². The summed E-state index contributed by atoms with van der Waals surface area (Å²) >= 11 is 0. The lowest BCUT2D eigenvalue weighted by atomic mass is 9.94. The van der Waals surface area contributed by atoms with Crippen LogP contribution in [0.4, 0.5) is 0 Å². The first-order chi connectivity index (χ1) is 9.40. The highest BCUT2D eigenvalue weighted by Gasteiger charge is 2.42. The lowest BCUT2D eigenvalue weighted by Crippen LogP contribution is -2.42. The molecule has 3 atom stereocenters. The number of hydrogen-bond acceptors (Lipinski definition) is 4. The van der Waals surface area contributed by atoms with E-state index in [9.17, 15) is 19.5 Å². The fourth-order valence-corrected chi connectivity index (χ4v) is 2.83. The van der Waals surface area contributed by atoms with Crippen molar-refractivity contribution in [2.45, 2.75) is 33.1 Å². The molecule has 1 saturated carbocycles. The van der Waals surface area contributed by atoms with E-state index in [0.29, 0.717) is 25.8 Å². The van der Waals surface area contributed by atoms with E-state index in [-0.39, 0.29) is 18.4 Å². The smallest absolute Gasteiger partial charge is 0.325 e. The van der Waals surface area contributed by atoms with Crippen molar-refractivity contribution in [1.29, 1.82) is 0 Å². The van der Waals surface area contributed by atoms with E-state index in [2.05, 4.69) is 4.74 Å². The number of amides is 1. The molecule has 0 aromatic carbocycles. The molecular formula is C14H23NO5. The van der Waals surface area contributed by atoms with E-state index in [0.717, 1.165) is 0 Å². The second-order valence-corrected chi connectivity index (χ2v) is 5.46. The Hall–Kier alpha value is -1.59. The maximum atomic E-state index is 12.5. The summed E-state index contributed by atoms with van der Waals surface area (Å²) in [6.07, 6.45) is 1.80. The minimum atomic E-state index is -0.929.